The van der Waals surface area contributed by atoms with Gasteiger partial charge in [0.15, 0.2) is 5.82 Å². The summed E-state index contributed by atoms with van der Waals surface area (Å²) in [5, 5.41) is -0.522. The number of hydrogen-bond acceptors (Lipinski definition) is 2. The van der Waals surface area contributed by atoms with Gasteiger partial charge in [-0.25, -0.2) is 12.8 Å². The van der Waals surface area contributed by atoms with Crippen LogP contribution in [0.4, 0.5) is 10.1 Å². The zero-order valence-corrected chi connectivity index (χ0v) is 14.5. The SMILES string of the molecule is Cc1ccc(S(=O)(=O)Nc2cc(Cl)c(F)c(Cl)c2)c(Br)c1. The van der Waals surface area contributed by atoms with Gasteiger partial charge in [-0.2, -0.15) is 0 Å². The van der Waals surface area contributed by atoms with Crippen LogP contribution in [0.15, 0.2) is 39.7 Å². The maximum absolute atomic E-state index is 13.3. The van der Waals surface area contributed by atoms with Crippen LogP contribution in [-0.2, 0) is 10.0 Å². The van der Waals surface area contributed by atoms with Gasteiger partial charge in [-0.3, -0.25) is 4.72 Å². The van der Waals surface area contributed by atoms with E-state index in [1.165, 1.54) is 6.07 Å². The molecule has 0 aliphatic rings. The summed E-state index contributed by atoms with van der Waals surface area (Å²) in [6, 6.07) is 7.13. The van der Waals surface area contributed by atoms with Crippen molar-refractivity contribution in [3.8, 4) is 0 Å². The van der Waals surface area contributed by atoms with E-state index in [9.17, 15) is 12.8 Å². The van der Waals surface area contributed by atoms with E-state index in [-0.39, 0.29) is 20.6 Å². The van der Waals surface area contributed by atoms with Crippen LogP contribution in [0.25, 0.3) is 0 Å². The molecule has 0 spiro atoms. The molecule has 8 heteroatoms. The Hall–Kier alpha value is -0.820. The minimum Gasteiger partial charge on any atom is -0.279 e. The fraction of sp³-hybridized carbons (Fsp3) is 0.0769. The summed E-state index contributed by atoms with van der Waals surface area (Å²) in [4.78, 5) is 0.0599. The van der Waals surface area contributed by atoms with E-state index in [1.807, 2.05) is 6.92 Å². The van der Waals surface area contributed by atoms with Crippen LogP contribution in [-0.4, -0.2) is 8.42 Å². The molecule has 0 atom stereocenters. The maximum atomic E-state index is 13.3. The lowest BCUT2D eigenvalue weighted by molar-refractivity contribution is 0.600. The third-order valence-electron chi connectivity index (χ3n) is 2.61. The van der Waals surface area contributed by atoms with Gasteiger partial charge < -0.3 is 0 Å². The fourth-order valence-corrected chi connectivity index (χ4v) is 4.37. The van der Waals surface area contributed by atoms with E-state index < -0.39 is 15.8 Å². The van der Waals surface area contributed by atoms with Gasteiger partial charge in [0, 0.05) is 4.47 Å². The van der Waals surface area contributed by atoms with Crippen LogP contribution in [0.1, 0.15) is 5.56 Å². The summed E-state index contributed by atoms with van der Waals surface area (Å²) in [5.74, 6) is -0.794. The minimum atomic E-state index is -3.84. The number of rotatable bonds is 3. The Kier molecular flexibility index (Phi) is 4.82. The average molecular weight is 413 g/mol. The molecule has 0 bridgehead atoms. The minimum absolute atomic E-state index is 0.0599. The van der Waals surface area contributed by atoms with Crippen LogP contribution in [0.2, 0.25) is 10.0 Å². The predicted octanol–water partition coefficient (Wildman–Crippen LogP) is 5.00. The highest BCUT2D eigenvalue weighted by Gasteiger charge is 2.19. The molecule has 3 nitrogen and oxygen atoms in total. The molecule has 0 aliphatic carbocycles. The largest absolute Gasteiger partial charge is 0.279 e. The first-order chi connectivity index (χ1) is 9.70. The van der Waals surface area contributed by atoms with E-state index in [4.69, 9.17) is 23.2 Å². The first-order valence-corrected chi connectivity index (χ1v) is 8.67. The Morgan fingerprint density at radius 1 is 1.14 bits per heavy atom. The second kappa shape index (κ2) is 6.12. The molecule has 0 aliphatic heterocycles. The molecule has 0 saturated heterocycles. The van der Waals surface area contributed by atoms with Crippen molar-refractivity contribution < 1.29 is 12.8 Å². The maximum Gasteiger partial charge on any atom is 0.263 e. The Labute approximate surface area is 140 Å². The smallest absolute Gasteiger partial charge is 0.263 e. The molecule has 0 heterocycles. The number of sulfonamides is 1. The summed E-state index contributed by atoms with van der Waals surface area (Å²) in [6.07, 6.45) is 0. The second-order valence-electron chi connectivity index (χ2n) is 4.29. The topological polar surface area (TPSA) is 46.2 Å². The molecule has 1 N–H and O–H groups in total. The number of hydrogen-bond donors (Lipinski definition) is 1. The summed E-state index contributed by atoms with van der Waals surface area (Å²) in [5.41, 5.74) is 0.993. The molecule has 2 rings (SSSR count). The van der Waals surface area contributed by atoms with Crippen LogP contribution in [0.5, 0.6) is 0 Å². The van der Waals surface area contributed by atoms with E-state index >= 15 is 0 Å². The molecule has 2 aromatic rings. The first-order valence-electron chi connectivity index (χ1n) is 5.64. The molecule has 0 unspecified atom stereocenters. The van der Waals surface area contributed by atoms with Gasteiger partial charge >= 0.3 is 0 Å². The molecule has 0 radical (unpaired) electrons. The van der Waals surface area contributed by atoms with Crippen molar-refractivity contribution in [3.63, 3.8) is 0 Å². The normalized spacial score (nSPS) is 11.5. The molecular weight excluding hydrogens is 404 g/mol. The fourth-order valence-electron chi connectivity index (χ4n) is 1.65. The number of aryl methyl sites for hydroxylation is 1. The van der Waals surface area contributed by atoms with Gasteiger partial charge in [0.05, 0.1) is 15.7 Å². The van der Waals surface area contributed by atoms with Gasteiger partial charge in [0.25, 0.3) is 10.0 Å². The van der Waals surface area contributed by atoms with Crippen LogP contribution < -0.4 is 4.72 Å². The predicted molar refractivity (Wildman–Crippen MR) is 86.1 cm³/mol. The van der Waals surface area contributed by atoms with Crippen molar-refractivity contribution in [1.82, 2.24) is 0 Å². The van der Waals surface area contributed by atoms with Crippen molar-refractivity contribution >= 4 is 54.8 Å². The zero-order valence-electron chi connectivity index (χ0n) is 10.6. The van der Waals surface area contributed by atoms with Crippen molar-refractivity contribution in [3.05, 3.63) is 56.2 Å². The highest BCUT2D eigenvalue weighted by atomic mass is 79.9. The van der Waals surface area contributed by atoms with Crippen LogP contribution in [0, 0.1) is 12.7 Å². The first kappa shape index (κ1) is 16.5. The number of halogens is 4. The van der Waals surface area contributed by atoms with E-state index in [1.54, 1.807) is 12.1 Å². The Morgan fingerprint density at radius 3 is 2.24 bits per heavy atom. The third kappa shape index (κ3) is 3.69. The van der Waals surface area contributed by atoms with Crippen LogP contribution >= 0.6 is 39.1 Å². The highest BCUT2D eigenvalue weighted by molar-refractivity contribution is 9.10. The summed E-state index contributed by atoms with van der Waals surface area (Å²) in [7, 11) is -3.84. The molecule has 0 fully saturated rings. The number of benzene rings is 2. The lowest BCUT2D eigenvalue weighted by Gasteiger charge is -2.11. The van der Waals surface area contributed by atoms with E-state index in [0.717, 1.165) is 17.7 Å². The van der Waals surface area contributed by atoms with Gasteiger partial charge in [-0.15, -0.1) is 0 Å². The lowest BCUT2D eigenvalue weighted by atomic mass is 10.2. The lowest BCUT2D eigenvalue weighted by Crippen LogP contribution is -2.13. The Balaban J connectivity index is 2.42. The van der Waals surface area contributed by atoms with Crippen molar-refractivity contribution in [1.29, 1.82) is 0 Å². The second-order valence-corrected chi connectivity index (χ2v) is 7.61. The van der Waals surface area contributed by atoms with Crippen LogP contribution in [0.3, 0.4) is 0 Å². The van der Waals surface area contributed by atoms with E-state index in [2.05, 4.69) is 20.7 Å². The van der Waals surface area contributed by atoms with E-state index in [0.29, 0.717) is 4.47 Å². The molecule has 0 aromatic heterocycles. The Bertz CT molecular complexity index is 789. The van der Waals surface area contributed by atoms with Crippen molar-refractivity contribution in [2.24, 2.45) is 0 Å². The monoisotopic (exact) mass is 411 g/mol. The molecule has 0 saturated carbocycles. The number of anilines is 1. The molecule has 0 amide bonds. The molecule has 2 aromatic carbocycles. The molecular formula is C13H9BrCl2FNO2S. The summed E-state index contributed by atoms with van der Waals surface area (Å²) >= 11 is 14.5. The quantitative estimate of drug-likeness (QED) is 0.720. The van der Waals surface area contributed by atoms with Crippen molar-refractivity contribution in [2.75, 3.05) is 4.72 Å². The molecule has 21 heavy (non-hydrogen) atoms. The third-order valence-corrected chi connectivity index (χ3v) is 5.52. The summed E-state index contributed by atoms with van der Waals surface area (Å²) < 4.78 is 40.7. The van der Waals surface area contributed by atoms with Gasteiger partial charge in [0.1, 0.15) is 4.90 Å². The average Bonchev–Trinajstić information content (AvgIpc) is 2.34. The zero-order chi connectivity index (χ0) is 15.8. The Morgan fingerprint density at radius 2 is 1.71 bits per heavy atom. The standard InChI is InChI=1S/C13H9BrCl2FNO2S/c1-7-2-3-12(9(14)4-7)21(19,20)18-8-5-10(15)13(17)11(16)6-8/h2-6,18H,1H3. The van der Waals surface area contributed by atoms with Gasteiger partial charge in [0.2, 0.25) is 0 Å². The number of nitrogens with one attached hydrogen (secondary N) is 1. The highest BCUT2D eigenvalue weighted by Crippen LogP contribution is 2.30. The molecule has 112 valence electrons. The van der Waals surface area contributed by atoms with Crippen molar-refractivity contribution in [2.45, 2.75) is 11.8 Å². The van der Waals surface area contributed by atoms with Gasteiger partial charge in [-0.05, 0) is 52.7 Å². The summed E-state index contributed by atoms with van der Waals surface area (Å²) in [6.45, 7) is 1.84. The van der Waals surface area contributed by atoms with Gasteiger partial charge in [-0.1, -0.05) is 29.3 Å².